The van der Waals surface area contributed by atoms with Gasteiger partial charge in [-0.3, -0.25) is 15.0 Å². The van der Waals surface area contributed by atoms with E-state index in [-0.39, 0.29) is 30.6 Å². The fourth-order valence-corrected chi connectivity index (χ4v) is 4.16. The Bertz CT molecular complexity index is 611. The number of amides is 3. The van der Waals surface area contributed by atoms with Crippen LogP contribution >= 0.6 is 0 Å². The standard InChI is InChI=1S/C20H29N3O2/c1-23(18-13-7-9-15-8-5-6-12-17(15)18)14-19(24)22-20(25)21-16-10-3-2-4-11-16/h5-6,8,12,16,18H,2-4,7,9-11,13-14H2,1H3,(H2,21,22,24,25)/t18-/m1/s1. The number of hydrogen-bond acceptors (Lipinski definition) is 3. The van der Waals surface area contributed by atoms with Gasteiger partial charge in [-0.1, -0.05) is 43.5 Å². The fourth-order valence-electron chi connectivity index (χ4n) is 4.16. The summed E-state index contributed by atoms with van der Waals surface area (Å²) in [5.74, 6) is -0.237. The van der Waals surface area contributed by atoms with Crippen molar-refractivity contribution in [1.82, 2.24) is 15.5 Å². The molecule has 0 aliphatic heterocycles. The molecule has 1 aromatic rings. The molecule has 3 amide bonds. The molecule has 5 heteroatoms. The first kappa shape index (κ1) is 17.9. The molecule has 2 aliphatic carbocycles. The van der Waals surface area contributed by atoms with Gasteiger partial charge in [-0.05, 0) is 50.3 Å². The third kappa shape index (κ3) is 4.82. The lowest BCUT2D eigenvalue weighted by atomic mass is 9.87. The van der Waals surface area contributed by atoms with Crippen LogP contribution in [0.25, 0.3) is 0 Å². The lowest BCUT2D eigenvalue weighted by molar-refractivity contribution is -0.121. The van der Waals surface area contributed by atoms with E-state index in [9.17, 15) is 9.59 Å². The second-order valence-electron chi connectivity index (χ2n) is 7.38. The van der Waals surface area contributed by atoms with Gasteiger partial charge in [0.15, 0.2) is 0 Å². The molecule has 25 heavy (non-hydrogen) atoms. The van der Waals surface area contributed by atoms with Gasteiger partial charge in [0.25, 0.3) is 0 Å². The summed E-state index contributed by atoms with van der Waals surface area (Å²) >= 11 is 0. The van der Waals surface area contributed by atoms with E-state index in [1.54, 1.807) is 0 Å². The van der Waals surface area contributed by atoms with Crippen molar-refractivity contribution in [2.24, 2.45) is 0 Å². The van der Waals surface area contributed by atoms with Gasteiger partial charge >= 0.3 is 6.03 Å². The van der Waals surface area contributed by atoms with Gasteiger partial charge < -0.3 is 5.32 Å². The Morgan fingerprint density at radius 3 is 2.64 bits per heavy atom. The van der Waals surface area contributed by atoms with E-state index in [0.717, 1.165) is 44.9 Å². The number of imide groups is 1. The highest BCUT2D eigenvalue weighted by Crippen LogP contribution is 2.33. The van der Waals surface area contributed by atoms with Crippen LogP contribution in [0.5, 0.6) is 0 Å². The largest absolute Gasteiger partial charge is 0.335 e. The van der Waals surface area contributed by atoms with Crippen molar-refractivity contribution in [2.75, 3.05) is 13.6 Å². The van der Waals surface area contributed by atoms with Crippen LogP contribution in [0.4, 0.5) is 4.79 Å². The Morgan fingerprint density at radius 2 is 1.84 bits per heavy atom. The molecule has 1 atom stereocenters. The van der Waals surface area contributed by atoms with Crippen molar-refractivity contribution in [3.63, 3.8) is 0 Å². The number of hydrogen-bond donors (Lipinski definition) is 2. The Morgan fingerprint density at radius 1 is 1.08 bits per heavy atom. The third-order valence-electron chi connectivity index (χ3n) is 5.46. The summed E-state index contributed by atoms with van der Waals surface area (Å²) in [7, 11) is 1.96. The van der Waals surface area contributed by atoms with Gasteiger partial charge in [0.05, 0.1) is 6.54 Å². The van der Waals surface area contributed by atoms with Gasteiger partial charge in [0.2, 0.25) is 5.91 Å². The van der Waals surface area contributed by atoms with Crippen LogP contribution in [0.2, 0.25) is 0 Å². The fraction of sp³-hybridized carbons (Fsp3) is 0.600. The Kier molecular flexibility index (Phi) is 6.08. The number of fused-ring (bicyclic) bond motifs is 1. The van der Waals surface area contributed by atoms with Crippen LogP contribution in [0.15, 0.2) is 24.3 Å². The monoisotopic (exact) mass is 343 g/mol. The average Bonchev–Trinajstić information content (AvgIpc) is 2.61. The second-order valence-corrected chi connectivity index (χ2v) is 7.38. The molecule has 136 valence electrons. The van der Waals surface area contributed by atoms with E-state index in [1.807, 2.05) is 7.05 Å². The summed E-state index contributed by atoms with van der Waals surface area (Å²) in [4.78, 5) is 26.3. The normalized spacial score (nSPS) is 20.8. The number of likely N-dealkylation sites (N-methyl/N-ethyl adjacent to an activating group) is 1. The quantitative estimate of drug-likeness (QED) is 0.883. The summed E-state index contributed by atoms with van der Waals surface area (Å²) in [5, 5.41) is 5.42. The number of carbonyl (C=O) groups excluding carboxylic acids is 2. The zero-order chi connectivity index (χ0) is 17.6. The second kappa shape index (κ2) is 8.48. The molecule has 1 fully saturated rings. The predicted molar refractivity (Wildman–Crippen MR) is 98.3 cm³/mol. The Hall–Kier alpha value is -1.88. The molecule has 1 aromatic carbocycles. The SMILES string of the molecule is CN(CC(=O)NC(=O)NC1CCCCC1)[C@@H]1CCCc2ccccc21. The maximum atomic E-state index is 12.2. The molecule has 3 rings (SSSR count). The summed E-state index contributed by atoms with van der Waals surface area (Å²) in [6.07, 6.45) is 8.87. The molecule has 0 aromatic heterocycles. The van der Waals surface area contributed by atoms with Crippen LogP contribution in [-0.4, -0.2) is 36.5 Å². The Labute approximate surface area is 150 Å². The predicted octanol–water partition coefficient (Wildman–Crippen LogP) is 3.15. The summed E-state index contributed by atoms with van der Waals surface area (Å²) in [5.41, 5.74) is 2.69. The van der Waals surface area contributed by atoms with Gasteiger partial charge in [-0.15, -0.1) is 0 Å². The number of benzene rings is 1. The van der Waals surface area contributed by atoms with E-state index < -0.39 is 0 Å². The molecule has 0 bridgehead atoms. The molecule has 5 nitrogen and oxygen atoms in total. The number of rotatable bonds is 4. The van der Waals surface area contributed by atoms with Gasteiger partial charge in [0, 0.05) is 12.1 Å². The number of urea groups is 1. The molecule has 0 spiro atoms. The van der Waals surface area contributed by atoms with E-state index >= 15 is 0 Å². The molecule has 0 saturated heterocycles. The van der Waals surface area contributed by atoms with E-state index in [0.29, 0.717) is 0 Å². The van der Waals surface area contributed by atoms with E-state index in [1.165, 1.54) is 17.5 Å². The molecule has 2 N–H and O–H groups in total. The maximum Gasteiger partial charge on any atom is 0.321 e. The number of nitrogens with one attached hydrogen (secondary N) is 2. The van der Waals surface area contributed by atoms with Crippen LogP contribution < -0.4 is 10.6 Å². The van der Waals surface area contributed by atoms with E-state index in [4.69, 9.17) is 0 Å². The van der Waals surface area contributed by atoms with Crippen LogP contribution in [0.1, 0.15) is 62.1 Å². The zero-order valence-corrected chi connectivity index (χ0v) is 15.1. The highest BCUT2D eigenvalue weighted by Gasteiger charge is 2.25. The first-order valence-electron chi connectivity index (χ1n) is 9.52. The smallest absolute Gasteiger partial charge is 0.321 e. The molecule has 2 aliphatic rings. The lowest BCUT2D eigenvalue weighted by Crippen LogP contribution is -2.48. The summed E-state index contributed by atoms with van der Waals surface area (Å²) < 4.78 is 0. The third-order valence-corrected chi connectivity index (χ3v) is 5.46. The summed E-state index contributed by atoms with van der Waals surface area (Å²) in [6, 6.07) is 8.57. The minimum Gasteiger partial charge on any atom is -0.335 e. The van der Waals surface area contributed by atoms with Crippen molar-refractivity contribution in [3.8, 4) is 0 Å². The molecular formula is C20H29N3O2. The van der Waals surface area contributed by atoms with Crippen LogP contribution in [0.3, 0.4) is 0 Å². The molecular weight excluding hydrogens is 314 g/mol. The Balaban J connectivity index is 1.50. The molecule has 0 heterocycles. The van der Waals surface area contributed by atoms with Crippen molar-refractivity contribution >= 4 is 11.9 Å². The summed E-state index contributed by atoms with van der Waals surface area (Å²) in [6.45, 7) is 0.233. The molecule has 0 unspecified atom stereocenters. The first-order valence-corrected chi connectivity index (χ1v) is 9.52. The molecule has 0 radical (unpaired) electrons. The minimum absolute atomic E-state index is 0.213. The van der Waals surface area contributed by atoms with Crippen molar-refractivity contribution in [1.29, 1.82) is 0 Å². The zero-order valence-electron chi connectivity index (χ0n) is 15.1. The number of nitrogens with zero attached hydrogens (tertiary/aromatic N) is 1. The van der Waals surface area contributed by atoms with Crippen molar-refractivity contribution in [2.45, 2.75) is 63.5 Å². The van der Waals surface area contributed by atoms with Crippen molar-refractivity contribution < 1.29 is 9.59 Å². The first-order chi connectivity index (χ1) is 12.1. The van der Waals surface area contributed by atoms with Crippen molar-refractivity contribution in [3.05, 3.63) is 35.4 Å². The molecule has 1 saturated carbocycles. The highest BCUT2D eigenvalue weighted by molar-refractivity contribution is 5.95. The topological polar surface area (TPSA) is 61.4 Å². The number of carbonyl (C=O) groups is 2. The van der Waals surface area contributed by atoms with E-state index in [2.05, 4.69) is 39.8 Å². The van der Waals surface area contributed by atoms with Gasteiger partial charge in [-0.25, -0.2) is 4.79 Å². The van der Waals surface area contributed by atoms with Gasteiger partial charge in [0.1, 0.15) is 0 Å². The van der Waals surface area contributed by atoms with Crippen LogP contribution in [-0.2, 0) is 11.2 Å². The number of aryl methyl sites for hydroxylation is 1. The van der Waals surface area contributed by atoms with Gasteiger partial charge in [-0.2, -0.15) is 0 Å². The lowest BCUT2D eigenvalue weighted by Gasteiger charge is -2.32. The minimum atomic E-state index is -0.352. The average molecular weight is 343 g/mol. The highest BCUT2D eigenvalue weighted by atomic mass is 16.2. The van der Waals surface area contributed by atoms with Crippen LogP contribution in [0, 0.1) is 0 Å². The maximum absolute atomic E-state index is 12.2.